The number of carbonyl (C=O) groups is 2. The molecule has 3 aromatic carbocycles. The van der Waals surface area contributed by atoms with Gasteiger partial charge in [0.1, 0.15) is 0 Å². The van der Waals surface area contributed by atoms with Gasteiger partial charge in [-0.05, 0) is 60.0 Å². The minimum atomic E-state index is -0.203. The van der Waals surface area contributed by atoms with Crippen LogP contribution >= 0.6 is 0 Å². The number of aromatic nitrogens is 1. The molecule has 4 aromatic rings. The first-order valence-corrected chi connectivity index (χ1v) is 10.8. The number of fused-ring (bicyclic) bond motifs is 1. The highest BCUT2D eigenvalue weighted by molar-refractivity contribution is 5.99. The van der Waals surface area contributed by atoms with Crippen molar-refractivity contribution in [1.82, 2.24) is 10.3 Å². The zero-order chi connectivity index (χ0) is 23.2. The van der Waals surface area contributed by atoms with Crippen molar-refractivity contribution in [1.29, 1.82) is 0 Å². The number of aryl methyl sites for hydroxylation is 1. The Bertz CT molecular complexity index is 1280. The third-order valence-corrected chi connectivity index (χ3v) is 5.54. The van der Waals surface area contributed by atoms with Crippen LogP contribution in [-0.4, -0.2) is 23.3 Å². The molecule has 0 bridgehead atoms. The molecule has 166 valence electrons. The van der Waals surface area contributed by atoms with Crippen molar-refractivity contribution in [3.8, 4) is 0 Å². The lowest BCUT2D eigenvalue weighted by molar-refractivity contribution is -0.114. The molecule has 0 saturated carbocycles. The van der Waals surface area contributed by atoms with Crippen LogP contribution in [0.15, 0.2) is 85.2 Å². The fourth-order valence-electron chi connectivity index (χ4n) is 3.78. The van der Waals surface area contributed by atoms with Gasteiger partial charge in [0, 0.05) is 29.3 Å². The topological polar surface area (TPSA) is 83.1 Å². The third kappa shape index (κ3) is 5.36. The quantitative estimate of drug-likeness (QED) is 0.376. The molecule has 2 amide bonds. The number of nitrogens with zero attached hydrogens (tertiary/aromatic N) is 1. The van der Waals surface area contributed by atoms with Gasteiger partial charge in [0.2, 0.25) is 5.91 Å². The second kappa shape index (κ2) is 9.96. The van der Waals surface area contributed by atoms with Crippen molar-refractivity contribution in [3.05, 3.63) is 102 Å². The van der Waals surface area contributed by atoms with Gasteiger partial charge in [0.25, 0.3) is 5.91 Å². The summed E-state index contributed by atoms with van der Waals surface area (Å²) in [6, 6.07) is 23.0. The van der Waals surface area contributed by atoms with E-state index in [9.17, 15) is 9.59 Å². The second-order valence-corrected chi connectivity index (χ2v) is 7.93. The van der Waals surface area contributed by atoms with E-state index < -0.39 is 0 Å². The normalized spacial score (nSPS) is 11.6. The molecule has 0 aliphatic rings. The Labute approximate surface area is 193 Å². The van der Waals surface area contributed by atoms with Gasteiger partial charge in [0.05, 0.1) is 12.6 Å². The fraction of sp³-hybridized carbons (Fsp3) is 0.148. The zero-order valence-electron chi connectivity index (χ0n) is 18.6. The van der Waals surface area contributed by atoms with Crippen LogP contribution < -0.4 is 16.0 Å². The number of nitrogens with one attached hydrogen (secondary N) is 3. The van der Waals surface area contributed by atoms with Crippen LogP contribution in [0, 0.1) is 6.92 Å². The van der Waals surface area contributed by atoms with E-state index in [4.69, 9.17) is 0 Å². The molecule has 0 saturated heterocycles. The molecule has 33 heavy (non-hydrogen) atoms. The van der Waals surface area contributed by atoms with Crippen molar-refractivity contribution in [2.24, 2.45) is 0 Å². The SMILES string of the molecule is Cc1ccc(NC(=O)CNc2ccncc2)cc1C(=O)N[C@H](C)c1cccc2ccccc12. The maximum Gasteiger partial charge on any atom is 0.252 e. The molecular formula is C27H26N4O2. The summed E-state index contributed by atoms with van der Waals surface area (Å²) < 4.78 is 0. The van der Waals surface area contributed by atoms with Crippen LogP contribution in [0.3, 0.4) is 0 Å². The Kier molecular flexibility index (Phi) is 6.64. The maximum absolute atomic E-state index is 13.1. The number of carbonyl (C=O) groups excluding carboxylic acids is 2. The highest BCUT2D eigenvalue weighted by atomic mass is 16.2. The van der Waals surface area contributed by atoms with Gasteiger partial charge in [-0.3, -0.25) is 14.6 Å². The van der Waals surface area contributed by atoms with Crippen LogP contribution in [0.1, 0.15) is 34.5 Å². The van der Waals surface area contributed by atoms with Crippen LogP contribution in [0.2, 0.25) is 0 Å². The van der Waals surface area contributed by atoms with Crippen LogP contribution in [-0.2, 0) is 4.79 Å². The predicted octanol–water partition coefficient (Wildman–Crippen LogP) is 5.08. The summed E-state index contributed by atoms with van der Waals surface area (Å²) in [5, 5.41) is 11.2. The molecule has 1 atom stereocenters. The highest BCUT2D eigenvalue weighted by Crippen LogP contribution is 2.25. The maximum atomic E-state index is 13.1. The average molecular weight is 439 g/mol. The van der Waals surface area contributed by atoms with Crippen molar-refractivity contribution in [3.63, 3.8) is 0 Å². The van der Waals surface area contributed by atoms with E-state index in [0.717, 1.165) is 27.6 Å². The summed E-state index contributed by atoms with van der Waals surface area (Å²) in [6.45, 7) is 3.97. The lowest BCUT2D eigenvalue weighted by Gasteiger charge is -2.18. The van der Waals surface area contributed by atoms with E-state index in [-0.39, 0.29) is 24.4 Å². The van der Waals surface area contributed by atoms with Crippen LogP contribution in [0.25, 0.3) is 10.8 Å². The van der Waals surface area contributed by atoms with E-state index in [1.165, 1.54) is 0 Å². The summed E-state index contributed by atoms with van der Waals surface area (Å²) in [5.74, 6) is -0.384. The summed E-state index contributed by atoms with van der Waals surface area (Å²) in [5.41, 5.74) is 3.81. The van der Waals surface area contributed by atoms with E-state index in [1.807, 2.05) is 44.2 Å². The molecule has 4 rings (SSSR count). The number of anilines is 2. The van der Waals surface area contributed by atoms with Gasteiger partial charge >= 0.3 is 0 Å². The number of benzene rings is 3. The van der Waals surface area contributed by atoms with E-state index in [0.29, 0.717) is 11.3 Å². The first-order chi connectivity index (χ1) is 16.0. The Morgan fingerprint density at radius 3 is 2.48 bits per heavy atom. The number of pyridine rings is 1. The van der Waals surface area contributed by atoms with Crippen molar-refractivity contribution < 1.29 is 9.59 Å². The van der Waals surface area contributed by atoms with Gasteiger partial charge in [0.15, 0.2) is 0 Å². The molecule has 1 heterocycles. The molecule has 1 aromatic heterocycles. The first kappa shape index (κ1) is 22.0. The summed E-state index contributed by atoms with van der Waals surface area (Å²) in [4.78, 5) is 29.4. The van der Waals surface area contributed by atoms with Crippen molar-refractivity contribution in [2.75, 3.05) is 17.2 Å². The standard InChI is InChI=1S/C27H26N4O2/c1-18-10-11-22(31-26(32)17-29-21-12-14-28-15-13-21)16-25(18)27(33)30-19(2)23-9-5-7-20-6-3-4-8-24(20)23/h3-16,19H,17H2,1-2H3,(H,28,29)(H,30,33)(H,31,32)/t19-/m1/s1. The van der Waals surface area contributed by atoms with Crippen LogP contribution in [0.4, 0.5) is 11.4 Å². The Morgan fingerprint density at radius 2 is 1.67 bits per heavy atom. The van der Waals surface area contributed by atoms with E-state index >= 15 is 0 Å². The molecule has 6 nitrogen and oxygen atoms in total. The molecule has 0 radical (unpaired) electrons. The summed E-state index contributed by atoms with van der Waals surface area (Å²) >= 11 is 0. The Balaban J connectivity index is 1.44. The van der Waals surface area contributed by atoms with Crippen molar-refractivity contribution in [2.45, 2.75) is 19.9 Å². The van der Waals surface area contributed by atoms with Crippen molar-refractivity contribution >= 4 is 34.0 Å². The number of rotatable bonds is 7. The first-order valence-electron chi connectivity index (χ1n) is 10.8. The minimum Gasteiger partial charge on any atom is -0.376 e. The predicted molar refractivity (Wildman–Crippen MR) is 132 cm³/mol. The van der Waals surface area contributed by atoms with Crippen LogP contribution in [0.5, 0.6) is 0 Å². The molecule has 0 aliphatic heterocycles. The van der Waals surface area contributed by atoms with Gasteiger partial charge < -0.3 is 16.0 Å². The second-order valence-electron chi connectivity index (χ2n) is 7.93. The van der Waals surface area contributed by atoms with Gasteiger partial charge in [-0.1, -0.05) is 48.5 Å². The molecule has 6 heteroatoms. The smallest absolute Gasteiger partial charge is 0.252 e. The molecule has 0 aliphatic carbocycles. The summed E-state index contributed by atoms with van der Waals surface area (Å²) in [6.07, 6.45) is 3.31. The van der Waals surface area contributed by atoms with E-state index in [1.54, 1.807) is 36.7 Å². The minimum absolute atomic E-state index is 0.109. The lowest BCUT2D eigenvalue weighted by Crippen LogP contribution is -2.28. The number of amides is 2. The molecule has 0 spiro atoms. The van der Waals surface area contributed by atoms with Gasteiger partial charge in [-0.15, -0.1) is 0 Å². The monoisotopic (exact) mass is 438 g/mol. The lowest BCUT2D eigenvalue weighted by atomic mass is 9.99. The molecule has 3 N–H and O–H groups in total. The fourth-order valence-corrected chi connectivity index (χ4v) is 3.78. The van der Waals surface area contributed by atoms with Gasteiger partial charge in [-0.2, -0.15) is 0 Å². The zero-order valence-corrected chi connectivity index (χ0v) is 18.6. The largest absolute Gasteiger partial charge is 0.376 e. The Hall–Kier alpha value is -4.19. The highest BCUT2D eigenvalue weighted by Gasteiger charge is 2.16. The number of hydrogen-bond acceptors (Lipinski definition) is 4. The molecule has 0 unspecified atom stereocenters. The molecular weight excluding hydrogens is 412 g/mol. The average Bonchev–Trinajstić information content (AvgIpc) is 2.84. The van der Waals surface area contributed by atoms with E-state index in [2.05, 4.69) is 39.1 Å². The third-order valence-electron chi connectivity index (χ3n) is 5.54. The molecule has 0 fully saturated rings. The Morgan fingerprint density at radius 1 is 0.909 bits per heavy atom. The van der Waals surface area contributed by atoms with Gasteiger partial charge in [-0.25, -0.2) is 0 Å². The number of hydrogen-bond donors (Lipinski definition) is 3. The summed E-state index contributed by atoms with van der Waals surface area (Å²) in [7, 11) is 0.